The number of imidazole rings is 1. The van der Waals surface area contributed by atoms with Crippen LogP contribution in [0.15, 0.2) is 41.6 Å². The summed E-state index contributed by atoms with van der Waals surface area (Å²) in [5.41, 5.74) is 5.98. The fraction of sp³-hybridized carbons (Fsp3) is 0.182. The Bertz CT molecular complexity index is 622. The molecule has 0 aliphatic rings. The van der Waals surface area contributed by atoms with Crippen molar-refractivity contribution >= 4 is 15.7 Å². The summed E-state index contributed by atoms with van der Waals surface area (Å²) in [6, 6.07) is 5.70. The molecule has 0 radical (unpaired) electrons. The minimum atomic E-state index is -3.60. The second-order valence-electron chi connectivity index (χ2n) is 3.89. The van der Waals surface area contributed by atoms with Crippen LogP contribution in [0.1, 0.15) is 18.8 Å². The molecule has 0 aliphatic heterocycles. The van der Waals surface area contributed by atoms with E-state index in [0.717, 1.165) is 0 Å². The Balaban J connectivity index is 2.22. The lowest BCUT2D eigenvalue weighted by Crippen LogP contribution is -2.27. The van der Waals surface area contributed by atoms with Gasteiger partial charge in [0.15, 0.2) is 0 Å². The molecule has 0 fully saturated rings. The smallest absolute Gasteiger partial charge is 0.241 e. The molecule has 0 saturated heterocycles. The summed E-state index contributed by atoms with van der Waals surface area (Å²) in [5.74, 6) is 0.558. The molecule has 0 saturated carbocycles. The zero-order valence-electron chi connectivity index (χ0n) is 9.79. The van der Waals surface area contributed by atoms with Crippen molar-refractivity contribution in [2.45, 2.75) is 17.9 Å². The first-order chi connectivity index (χ1) is 8.49. The molecule has 1 heterocycles. The van der Waals surface area contributed by atoms with Crippen LogP contribution < -0.4 is 10.5 Å². The van der Waals surface area contributed by atoms with Gasteiger partial charge in [-0.1, -0.05) is 6.07 Å². The maximum absolute atomic E-state index is 12.1. The molecule has 6 nitrogen and oxygen atoms in total. The Morgan fingerprint density at radius 3 is 2.83 bits per heavy atom. The van der Waals surface area contributed by atoms with Gasteiger partial charge in [-0.15, -0.1) is 0 Å². The van der Waals surface area contributed by atoms with Gasteiger partial charge in [0.1, 0.15) is 5.82 Å². The van der Waals surface area contributed by atoms with Crippen LogP contribution in [0.2, 0.25) is 0 Å². The third-order valence-electron chi connectivity index (χ3n) is 2.43. The third kappa shape index (κ3) is 2.69. The Morgan fingerprint density at radius 1 is 1.44 bits per heavy atom. The molecule has 18 heavy (non-hydrogen) atoms. The first kappa shape index (κ1) is 12.6. The van der Waals surface area contributed by atoms with Crippen LogP contribution in [-0.4, -0.2) is 18.4 Å². The van der Waals surface area contributed by atoms with Gasteiger partial charge < -0.3 is 10.7 Å². The van der Waals surface area contributed by atoms with E-state index >= 15 is 0 Å². The first-order valence-electron chi connectivity index (χ1n) is 5.36. The Hall–Kier alpha value is -1.86. The van der Waals surface area contributed by atoms with Gasteiger partial charge in [-0.3, -0.25) is 0 Å². The van der Waals surface area contributed by atoms with E-state index < -0.39 is 16.1 Å². The monoisotopic (exact) mass is 266 g/mol. The number of nitrogens with zero attached hydrogens (tertiary/aromatic N) is 1. The summed E-state index contributed by atoms with van der Waals surface area (Å²) in [4.78, 5) is 7.00. The number of aromatic nitrogens is 2. The number of aromatic amines is 1. The van der Waals surface area contributed by atoms with E-state index in [9.17, 15) is 8.42 Å². The SMILES string of the molecule is CC(NS(=O)(=O)c1cccc(N)c1)c1ncc[nH]1. The number of nitrogens with one attached hydrogen (secondary N) is 2. The molecule has 1 aromatic heterocycles. The van der Waals surface area contributed by atoms with Gasteiger partial charge in [0.05, 0.1) is 10.9 Å². The van der Waals surface area contributed by atoms with Crippen LogP contribution in [0, 0.1) is 0 Å². The molecule has 4 N–H and O–H groups in total. The zero-order valence-corrected chi connectivity index (χ0v) is 10.6. The highest BCUT2D eigenvalue weighted by Crippen LogP contribution is 2.16. The van der Waals surface area contributed by atoms with Crippen molar-refractivity contribution in [1.29, 1.82) is 0 Å². The summed E-state index contributed by atoms with van der Waals surface area (Å²) < 4.78 is 26.7. The van der Waals surface area contributed by atoms with Gasteiger partial charge in [-0.05, 0) is 25.1 Å². The summed E-state index contributed by atoms with van der Waals surface area (Å²) in [5, 5.41) is 0. The van der Waals surface area contributed by atoms with Gasteiger partial charge in [-0.25, -0.2) is 18.1 Å². The molecule has 0 bridgehead atoms. The molecule has 96 valence electrons. The topological polar surface area (TPSA) is 101 Å². The van der Waals surface area contributed by atoms with Gasteiger partial charge in [0.2, 0.25) is 10.0 Å². The van der Waals surface area contributed by atoms with Gasteiger partial charge in [-0.2, -0.15) is 0 Å². The Labute approximate surface area is 105 Å². The highest BCUT2D eigenvalue weighted by atomic mass is 32.2. The third-order valence-corrected chi connectivity index (χ3v) is 3.97. The predicted molar refractivity (Wildman–Crippen MR) is 68.2 cm³/mol. The number of benzene rings is 1. The van der Waals surface area contributed by atoms with Crippen molar-refractivity contribution in [2.24, 2.45) is 0 Å². The van der Waals surface area contributed by atoms with Crippen LogP contribution in [-0.2, 0) is 10.0 Å². The van der Waals surface area contributed by atoms with Crippen LogP contribution in [0.3, 0.4) is 0 Å². The summed E-state index contributed by atoms with van der Waals surface area (Å²) in [6.07, 6.45) is 3.21. The van der Waals surface area contributed by atoms with Gasteiger partial charge >= 0.3 is 0 Å². The number of hydrogen-bond acceptors (Lipinski definition) is 4. The minimum Gasteiger partial charge on any atom is -0.399 e. The second-order valence-corrected chi connectivity index (χ2v) is 5.60. The van der Waals surface area contributed by atoms with Gasteiger partial charge in [0.25, 0.3) is 0 Å². The van der Waals surface area contributed by atoms with Crippen LogP contribution in [0.25, 0.3) is 0 Å². The van der Waals surface area contributed by atoms with Gasteiger partial charge in [0, 0.05) is 18.1 Å². The lowest BCUT2D eigenvalue weighted by atomic mass is 10.3. The molecular formula is C11H14N4O2S. The summed E-state index contributed by atoms with van der Waals surface area (Å²) in [7, 11) is -3.60. The van der Waals surface area contributed by atoms with Crippen molar-refractivity contribution in [3.05, 3.63) is 42.5 Å². The molecule has 0 spiro atoms. The molecule has 0 aliphatic carbocycles. The molecule has 1 aromatic carbocycles. The number of sulfonamides is 1. The highest BCUT2D eigenvalue weighted by molar-refractivity contribution is 7.89. The molecule has 2 rings (SSSR count). The molecular weight excluding hydrogens is 252 g/mol. The second kappa shape index (κ2) is 4.79. The summed E-state index contributed by atoms with van der Waals surface area (Å²) in [6.45, 7) is 1.71. The van der Waals surface area contributed by atoms with E-state index in [1.54, 1.807) is 31.5 Å². The lowest BCUT2D eigenvalue weighted by Gasteiger charge is -2.12. The van der Waals surface area contributed by atoms with Crippen LogP contribution >= 0.6 is 0 Å². The molecule has 0 amide bonds. The van der Waals surface area contributed by atoms with E-state index in [4.69, 9.17) is 5.73 Å². The normalized spacial score (nSPS) is 13.4. The average Bonchev–Trinajstić information content (AvgIpc) is 2.82. The lowest BCUT2D eigenvalue weighted by molar-refractivity contribution is 0.561. The standard InChI is InChI=1S/C11H14N4O2S/c1-8(11-13-5-6-14-11)15-18(16,17)10-4-2-3-9(12)7-10/h2-8,15H,12H2,1H3,(H,13,14). The number of nitrogens with two attached hydrogens (primary N) is 1. The number of rotatable bonds is 4. The van der Waals surface area contributed by atoms with E-state index in [1.807, 2.05) is 0 Å². The number of anilines is 1. The number of nitrogen functional groups attached to an aromatic ring is 1. The molecule has 1 unspecified atom stereocenters. The van der Waals surface area contributed by atoms with Crippen molar-refractivity contribution in [1.82, 2.24) is 14.7 Å². The molecule has 7 heteroatoms. The zero-order chi connectivity index (χ0) is 13.2. The van der Waals surface area contributed by atoms with Crippen molar-refractivity contribution in [2.75, 3.05) is 5.73 Å². The Morgan fingerprint density at radius 2 is 2.22 bits per heavy atom. The molecule has 1 atom stereocenters. The van der Waals surface area contributed by atoms with Crippen molar-refractivity contribution in [3.63, 3.8) is 0 Å². The van der Waals surface area contributed by atoms with Crippen LogP contribution in [0.4, 0.5) is 5.69 Å². The van der Waals surface area contributed by atoms with E-state index in [-0.39, 0.29) is 4.90 Å². The number of H-pyrrole nitrogens is 1. The quantitative estimate of drug-likeness (QED) is 0.719. The fourth-order valence-corrected chi connectivity index (χ4v) is 2.81. The highest BCUT2D eigenvalue weighted by Gasteiger charge is 2.19. The van der Waals surface area contributed by atoms with E-state index in [2.05, 4.69) is 14.7 Å². The van der Waals surface area contributed by atoms with Crippen molar-refractivity contribution in [3.8, 4) is 0 Å². The van der Waals surface area contributed by atoms with E-state index in [1.165, 1.54) is 12.1 Å². The summed E-state index contributed by atoms with van der Waals surface area (Å²) >= 11 is 0. The maximum atomic E-state index is 12.1. The maximum Gasteiger partial charge on any atom is 0.241 e. The Kier molecular flexibility index (Phi) is 3.35. The number of hydrogen-bond donors (Lipinski definition) is 3. The fourth-order valence-electron chi connectivity index (χ4n) is 1.55. The van der Waals surface area contributed by atoms with Crippen LogP contribution in [0.5, 0.6) is 0 Å². The molecule has 2 aromatic rings. The average molecular weight is 266 g/mol. The predicted octanol–water partition coefficient (Wildman–Crippen LogP) is 1.03. The largest absolute Gasteiger partial charge is 0.399 e. The van der Waals surface area contributed by atoms with Crippen molar-refractivity contribution < 1.29 is 8.42 Å². The first-order valence-corrected chi connectivity index (χ1v) is 6.84. The minimum absolute atomic E-state index is 0.140. The van der Waals surface area contributed by atoms with E-state index in [0.29, 0.717) is 11.5 Å².